The molecule has 90 heavy (non-hydrogen) atoms. The van der Waals surface area contributed by atoms with Crippen LogP contribution < -0.4 is 34.7 Å². The lowest BCUT2D eigenvalue weighted by molar-refractivity contribution is -0.0249. The van der Waals surface area contributed by atoms with E-state index < -0.39 is 5.97 Å². The minimum absolute atomic E-state index is 0.142. The first kappa shape index (κ1) is 64.0. The first-order chi connectivity index (χ1) is 43.7. The molecule has 1 fully saturated rings. The summed E-state index contributed by atoms with van der Waals surface area (Å²) in [5.74, 6) is 4.20. The van der Waals surface area contributed by atoms with Crippen molar-refractivity contribution in [3.63, 3.8) is 0 Å². The van der Waals surface area contributed by atoms with Crippen LogP contribution in [0.15, 0.2) is 54.6 Å². The number of nitrogens with zero attached hydrogens (tertiary/aromatic N) is 12. The summed E-state index contributed by atoms with van der Waals surface area (Å²) in [7, 11) is 3.23. The molecule has 5 aromatic heterocycles. The average molecular weight is 1210 g/mol. The average Bonchev–Trinajstić information content (AvgIpc) is 1.56. The highest BCUT2D eigenvalue weighted by molar-refractivity contribution is 6.03. The number of nitriles is 1. The molecule has 0 spiro atoms. The molecule has 2 atom stereocenters. The summed E-state index contributed by atoms with van der Waals surface area (Å²) < 4.78 is 26.9. The Morgan fingerprint density at radius 3 is 2.04 bits per heavy atom. The Morgan fingerprint density at radius 2 is 1.38 bits per heavy atom. The number of pyridine rings is 1. The van der Waals surface area contributed by atoms with Crippen LogP contribution in [0.1, 0.15) is 174 Å². The quantitative estimate of drug-likeness (QED) is 0.0379. The van der Waals surface area contributed by atoms with Gasteiger partial charge in [-0.25, -0.2) is 38.5 Å². The van der Waals surface area contributed by atoms with Gasteiger partial charge in [0.2, 0.25) is 11.4 Å². The maximum Gasteiger partial charge on any atom is 0.331 e. The van der Waals surface area contributed by atoms with Crippen molar-refractivity contribution >= 4 is 52.3 Å². The van der Waals surface area contributed by atoms with Gasteiger partial charge in [0.15, 0.2) is 22.9 Å². The van der Waals surface area contributed by atoms with Crippen LogP contribution in [0, 0.1) is 63.0 Å². The summed E-state index contributed by atoms with van der Waals surface area (Å²) in [4.78, 5) is 41.1. The standard InChI is InChI=1S/C37H46N6O3.C36H40N6O2/c1-10-12-17-42(11-2)31-16-14-27(26(7)39-31)21-29-33(38-8)32(37(44)46-34-24(5)18-23(4)19-25(34)6)36-40-35(41-43(29)36)28-20-22(3)13-15-30(28)45-9;1-5-6-7-8-9-10-19-44-27-15-16-32(43-4)29(22-27)35-39-36-30(23-37)33(38-3)31(42(36)40-35)21-26-20-25-13-11-17-41-18-12-14-28(24(26)2)34(25)41/h13-16,20-21,23-25,34H,10-12,17-19H2,1-7,9H3;15-16,20-22H,5-14,17-19H2,1-2,4H3/b29-21+;31-21+. The van der Waals surface area contributed by atoms with E-state index in [1.807, 2.05) is 74.5 Å². The Kier molecular flexibility index (Phi) is 20.4. The van der Waals surface area contributed by atoms with Crippen molar-refractivity contribution in [1.82, 2.24) is 34.2 Å². The van der Waals surface area contributed by atoms with E-state index in [-0.39, 0.29) is 40.4 Å². The summed E-state index contributed by atoms with van der Waals surface area (Å²) in [6.07, 6.45) is 19.5. The number of benzene rings is 3. The second-order valence-electron chi connectivity index (χ2n) is 24.8. The molecule has 0 radical (unpaired) electrons. The van der Waals surface area contributed by atoms with Gasteiger partial charge in [0.1, 0.15) is 40.3 Å². The van der Waals surface area contributed by atoms with Gasteiger partial charge in [-0.1, -0.05) is 84.8 Å². The Balaban J connectivity index is 0.000000198. The van der Waals surface area contributed by atoms with Crippen LogP contribution in [-0.4, -0.2) is 93.3 Å². The van der Waals surface area contributed by atoms with Crippen molar-refractivity contribution in [2.45, 2.75) is 158 Å². The zero-order valence-electron chi connectivity index (χ0n) is 54.5. The number of hydrogen-bond donors (Lipinski definition) is 0. The number of aromatic nitrogens is 7. The minimum Gasteiger partial charge on any atom is -0.496 e. The van der Waals surface area contributed by atoms with Gasteiger partial charge >= 0.3 is 5.97 Å². The highest BCUT2D eigenvalue weighted by Gasteiger charge is 2.37. The molecule has 8 aromatic rings. The number of methoxy groups -OCH3 is 2. The molecule has 0 amide bonds. The molecular weight excluding hydrogens is 1120 g/mol. The zero-order valence-corrected chi connectivity index (χ0v) is 54.5. The van der Waals surface area contributed by atoms with E-state index in [9.17, 15) is 10.1 Å². The first-order valence-corrected chi connectivity index (χ1v) is 32.5. The number of carbonyl (C=O) groups excluding carboxylic acids is 1. The molecule has 2 unspecified atom stereocenters. The number of esters is 1. The zero-order chi connectivity index (χ0) is 63.8. The second-order valence-corrected chi connectivity index (χ2v) is 24.8. The molecule has 0 saturated heterocycles. The third kappa shape index (κ3) is 13.2. The number of ether oxygens (including phenoxy) is 4. The molecule has 17 heteroatoms. The van der Waals surface area contributed by atoms with Crippen LogP contribution in [0.5, 0.6) is 17.2 Å². The molecule has 11 rings (SSSR count). The van der Waals surface area contributed by atoms with Crippen LogP contribution in [-0.2, 0) is 17.6 Å². The summed E-state index contributed by atoms with van der Waals surface area (Å²) in [5.41, 5.74) is 12.1. The third-order valence-electron chi connectivity index (χ3n) is 18.3. The van der Waals surface area contributed by atoms with Gasteiger partial charge in [-0.15, -0.1) is 10.2 Å². The fraction of sp³-hybridized carbons (Fsp3) is 0.466. The van der Waals surface area contributed by atoms with Crippen LogP contribution in [0.2, 0.25) is 0 Å². The van der Waals surface area contributed by atoms with E-state index in [1.54, 1.807) is 23.3 Å². The molecule has 7 heterocycles. The lowest BCUT2D eigenvalue weighted by Gasteiger charge is -2.38. The molecular formula is C73H86N12O5. The van der Waals surface area contributed by atoms with Crippen LogP contribution in [0.25, 0.3) is 55.9 Å². The lowest BCUT2D eigenvalue weighted by atomic mass is 9.75. The van der Waals surface area contributed by atoms with E-state index >= 15 is 0 Å². The van der Waals surface area contributed by atoms with Gasteiger partial charge in [0.05, 0.1) is 61.9 Å². The van der Waals surface area contributed by atoms with E-state index in [4.69, 9.17) is 57.2 Å². The molecule has 468 valence electrons. The van der Waals surface area contributed by atoms with Gasteiger partial charge in [-0.3, -0.25) is 0 Å². The van der Waals surface area contributed by atoms with Crippen molar-refractivity contribution in [1.29, 1.82) is 5.26 Å². The van der Waals surface area contributed by atoms with Gasteiger partial charge in [0, 0.05) is 37.6 Å². The maximum atomic E-state index is 14.1. The van der Waals surface area contributed by atoms with Crippen molar-refractivity contribution in [3.8, 4) is 46.1 Å². The number of rotatable bonds is 21. The summed E-state index contributed by atoms with van der Waals surface area (Å²) in [6, 6.07) is 20.0. The molecule has 0 N–H and O–H groups in total. The number of anilines is 2. The van der Waals surface area contributed by atoms with Crippen molar-refractivity contribution < 1.29 is 23.7 Å². The summed E-state index contributed by atoms with van der Waals surface area (Å²) >= 11 is 0. The normalized spacial score (nSPS) is 17.3. The fourth-order valence-corrected chi connectivity index (χ4v) is 13.7. The van der Waals surface area contributed by atoms with Crippen LogP contribution >= 0.6 is 0 Å². The first-order valence-electron chi connectivity index (χ1n) is 32.5. The van der Waals surface area contributed by atoms with E-state index in [0.717, 1.165) is 124 Å². The monoisotopic (exact) mass is 1210 g/mol. The van der Waals surface area contributed by atoms with E-state index in [0.29, 0.717) is 68.8 Å². The molecule has 3 aliphatic rings. The smallest absolute Gasteiger partial charge is 0.331 e. The second kappa shape index (κ2) is 28.6. The lowest BCUT2D eigenvalue weighted by Crippen LogP contribution is -2.37. The van der Waals surface area contributed by atoms with Gasteiger partial charge in [-0.2, -0.15) is 5.26 Å². The van der Waals surface area contributed by atoms with Gasteiger partial charge in [0.25, 0.3) is 0 Å². The van der Waals surface area contributed by atoms with E-state index in [1.165, 1.54) is 48.1 Å². The Morgan fingerprint density at radius 1 is 0.744 bits per heavy atom. The molecule has 3 aromatic carbocycles. The van der Waals surface area contributed by atoms with Gasteiger partial charge in [-0.05, 0) is 185 Å². The summed E-state index contributed by atoms with van der Waals surface area (Å²) in [5, 5.41) is 20.9. The molecule has 17 nitrogen and oxygen atoms in total. The highest BCUT2D eigenvalue weighted by atomic mass is 16.5. The van der Waals surface area contributed by atoms with E-state index in [2.05, 4.69) is 80.1 Å². The van der Waals surface area contributed by atoms with Gasteiger partial charge < -0.3 is 28.7 Å². The van der Waals surface area contributed by atoms with Crippen LogP contribution in [0.4, 0.5) is 22.9 Å². The number of unbranched alkanes of at least 4 members (excludes halogenated alkanes) is 6. The highest BCUT2D eigenvalue weighted by Crippen LogP contribution is 2.41. The largest absolute Gasteiger partial charge is 0.496 e. The van der Waals surface area contributed by atoms with Crippen LogP contribution in [0.3, 0.4) is 0 Å². The van der Waals surface area contributed by atoms with Crippen molar-refractivity contribution in [3.05, 3.63) is 138 Å². The number of aryl methyl sites for hydroxylation is 3. The van der Waals surface area contributed by atoms with Crippen molar-refractivity contribution in [2.75, 3.05) is 56.8 Å². The number of fused-ring (bicyclic) bond motifs is 2. The predicted octanol–water partition coefficient (Wildman–Crippen LogP) is 14.5. The Hall–Kier alpha value is -9.01. The molecule has 2 aliphatic heterocycles. The number of carbonyl (C=O) groups is 1. The fourth-order valence-electron chi connectivity index (χ4n) is 13.7. The third-order valence-corrected chi connectivity index (χ3v) is 18.3. The Bertz CT molecular complexity index is 4170. The van der Waals surface area contributed by atoms with Crippen molar-refractivity contribution in [2.24, 2.45) is 17.8 Å². The molecule has 0 bridgehead atoms. The summed E-state index contributed by atoms with van der Waals surface area (Å²) in [6.45, 7) is 40.1. The Labute approximate surface area is 530 Å². The molecule has 1 saturated carbocycles. The maximum absolute atomic E-state index is 14.1. The molecule has 1 aliphatic carbocycles. The SMILES string of the molecule is [C-]#[N+]c1c(C#N)c2nc(-c3cc(OCCCCCCCC)ccc3OC)nn2/c1=C/c1cc2c3c(c1C)CCCN3CCC2.[C-]#[N+]c1c(C(=O)OC2C(C)CC(C)CC2C)c2nc(-c3cc(C)ccc3OC)nn2/c1=C/c1ccc(N(CC)CCCC)nc1C. The minimum atomic E-state index is -0.538. The predicted molar refractivity (Wildman–Crippen MR) is 356 cm³/mol. The number of hydrogen-bond acceptors (Lipinski definition) is 13. The topological polar surface area (TPSA) is 166 Å².